The van der Waals surface area contributed by atoms with E-state index in [0.717, 1.165) is 10.6 Å². The lowest BCUT2D eigenvalue weighted by atomic mass is 10.3. The summed E-state index contributed by atoms with van der Waals surface area (Å²) in [5.74, 6) is 0. The molecule has 1 nitrogen and oxygen atoms in total. The van der Waals surface area contributed by atoms with Crippen molar-refractivity contribution in [2.24, 2.45) is 0 Å². The fourth-order valence-electron chi connectivity index (χ4n) is 2.44. The van der Waals surface area contributed by atoms with Crippen LogP contribution in [0.2, 0.25) is 10.0 Å². The summed E-state index contributed by atoms with van der Waals surface area (Å²) in [5, 5.41) is 2.81. The number of hydrogen-bond donors (Lipinski definition) is 0. The first-order chi connectivity index (χ1) is 10.6. The van der Waals surface area contributed by atoms with Crippen molar-refractivity contribution in [3.8, 4) is 0 Å². The van der Waals surface area contributed by atoms with E-state index in [0.29, 0.717) is 15.3 Å². The maximum Gasteiger partial charge on any atom is 0.172 e. The van der Waals surface area contributed by atoms with Gasteiger partial charge in [0.1, 0.15) is 0 Å². The Morgan fingerprint density at radius 2 is 1.14 bits per heavy atom. The van der Waals surface area contributed by atoms with E-state index >= 15 is 0 Å². The summed E-state index contributed by atoms with van der Waals surface area (Å²) in [7, 11) is -3.06. The van der Waals surface area contributed by atoms with Gasteiger partial charge in [0.15, 0.2) is 7.14 Å². The van der Waals surface area contributed by atoms with Crippen molar-refractivity contribution >= 4 is 46.3 Å². The Hall–Kier alpha value is -1.53. The summed E-state index contributed by atoms with van der Waals surface area (Å²) in [5.41, 5.74) is 0. The van der Waals surface area contributed by atoms with E-state index in [1.807, 2.05) is 60.7 Å². The van der Waals surface area contributed by atoms with Gasteiger partial charge in [-0.15, -0.1) is 0 Å². The maximum absolute atomic E-state index is 14.0. The molecule has 0 fully saturated rings. The highest BCUT2D eigenvalue weighted by Gasteiger charge is 2.32. The Labute approximate surface area is 139 Å². The molecule has 22 heavy (non-hydrogen) atoms. The Morgan fingerprint density at radius 3 is 1.64 bits per heavy atom. The predicted molar refractivity (Wildman–Crippen MR) is 95.9 cm³/mol. The molecule has 0 aliphatic carbocycles. The third-order valence-corrected chi connectivity index (χ3v) is 7.56. The third kappa shape index (κ3) is 2.61. The molecule has 3 aromatic carbocycles. The minimum Gasteiger partial charge on any atom is -0.309 e. The van der Waals surface area contributed by atoms with Gasteiger partial charge < -0.3 is 4.57 Å². The van der Waals surface area contributed by atoms with Gasteiger partial charge in [0.2, 0.25) is 0 Å². The van der Waals surface area contributed by atoms with Crippen LogP contribution in [-0.2, 0) is 4.57 Å². The standard InChI is InChI=1S/C18H13Cl2OP/c19-16-12-7-13-17(18(16)20)22(21,14-8-3-1-4-9-14)15-10-5-2-6-11-15/h1-13H. The van der Waals surface area contributed by atoms with Crippen LogP contribution in [0.4, 0.5) is 0 Å². The molecule has 0 aliphatic heterocycles. The molecule has 0 radical (unpaired) electrons. The molecular formula is C18H13Cl2OP. The van der Waals surface area contributed by atoms with Crippen LogP contribution in [0.25, 0.3) is 0 Å². The average molecular weight is 347 g/mol. The van der Waals surface area contributed by atoms with Crippen LogP contribution in [0.15, 0.2) is 78.9 Å². The zero-order valence-corrected chi connectivity index (χ0v) is 14.0. The number of halogens is 2. The van der Waals surface area contributed by atoms with Gasteiger partial charge in [-0.05, 0) is 12.1 Å². The van der Waals surface area contributed by atoms with Crippen LogP contribution in [0.3, 0.4) is 0 Å². The van der Waals surface area contributed by atoms with E-state index in [1.54, 1.807) is 18.2 Å². The lowest BCUT2D eigenvalue weighted by Crippen LogP contribution is -2.25. The van der Waals surface area contributed by atoms with Crippen LogP contribution < -0.4 is 15.9 Å². The molecule has 0 atom stereocenters. The van der Waals surface area contributed by atoms with Crippen molar-refractivity contribution in [2.75, 3.05) is 0 Å². The van der Waals surface area contributed by atoms with Crippen molar-refractivity contribution < 1.29 is 4.57 Å². The van der Waals surface area contributed by atoms with Gasteiger partial charge in [-0.2, -0.15) is 0 Å². The summed E-state index contributed by atoms with van der Waals surface area (Å²) in [6.45, 7) is 0. The fraction of sp³-hybridized carbons (Fsp3) is 0. The second-order valence-corrected chi connectivity index (χ2v) is 8.37. The molecule has 110 valence electrons. The van der Waals surface area contributed by atoms with E-state index < -0.39 is 7.14 Å². The monoisotopic (exact) mass is 346 g/mol. The normalized spacial score (nSPS) is 11.4. The highest BCUT2D eigenvalue weighted by atomic mass is 35.5. The largest absolute Gasteiger partial charge is 0.309 e. The SMILES string of the molecule is O=P(c1ccccc1)(c1ccccc1)c1cccc(Cl)c1Cl. The third-order valence-electron chi connectivity index (χ3n) is 3.51. The smallest absolute Gasteiger partial charge is 0.172 e. The molecule has 0 aromatic heterocycles. The zero-order chi connectivity index (χ0) is 15.6. The van der Waals surface area contributed by atoms with Crippen LogP contribution in [-0.4, -0.2) is 0 Å². The lowest BCUT2D eigenvalue weighted by Gasteiger charge is -2.21. The summed E-state index contributed by atoms with van der Waals surface area (Å²) < 4.78 is 14.0. The van der Waals surface area contributed by atoms with Crippen LogP contribution in [0.5, 0.6) is 0 Å². The van der Waals surface area contributed by atoms with E-state index in [-0.39, 0.29) is 0 Å². The highest BCUT2D eigenvalue weighted by molar-refractivity contribution is 7.85. The molecule has 0 aliphatic rings. The fourth-order valence-corrected chi connectivity index (χ4v) is 5.89. The summed E-state index contributed by atoms with van der Waals surface area (Å²) >= 11 is 12.5. The predicted octanol–water partition coefficient (Wildman–Crippen LogP) is 4.63. The van der Waals surface area contributed by atoms with Gasteiger partial charge in [0, 0.05) is 15.9 Å². The van der Waals surface area contributed by atoms with Crippen molar-refractivity contribution in [1.29, 1.82) is 0 Å². The second-order valence-electron chi connectivity index (χ2n) is 4.85. The molecule has 0 saturated heterocycles. The van der Waals surface area contributed by atoms with Crippen LogP contribution in [0.1, 0.15) is 0 Å². The van der Waals surface area contributed by atoms with Crippen LogP contribution in [0, 0.1) is 0 Å². The number of hydrogen-bond acceptors (Lipinski definition) is 1. The molecule has 3 aromatic rings. The number of benzene rings is 3. The van der Waals surface area contributed by atoms with Gasteiger partial charge in [-0.25, -0.2) is 0 Å². The van der Waals surface area contributed by atoms with Gasteiger partial charge in [-0.1, -0.05) is 89.9 Å². The van der Waals surface area contributed by atoms with Crippen molar-refractivity contribution in [1.82, 2.24) is 0 Å². The van der Waals surface area contributed by atoms with E-state index in [1.165, 1.54) is 0 Å². The lowest BCUT2D eigenvalue weighted by molar-refractivity contribution is 0.592. The quantitative estimate of drug-likeness (QED) is 0.631. The second kappa shape index (κ2) is 6.30. The van der Waals surface area contributed by atoms with Crippen LogP contribution >= 0.6 is 30.3 Å². The molecule has 0 N–H and O–H groups in total. The first-order valence-corrected chi connectivity index (χ1v) is 9.26. The van der Waals surface area contributed by atoms with Gasteiger partial charge >= 0.3 is 0 Å². The zero-order valence-electron chi connectivity index (χ0n) is 11.6. The molecule has 0 saturated carbocycles. The van der Waals surface area contributed by atoms with Gasteiger partial charge in [-0.3, -0.25) is 0 Å². The molecule has 3 rings (SSSR count). The summed E-state index contributed by atoms with van der Waals surface area (Å²) in [4.78, 5) is 0. The maximum atomic E-state index is 14.0. The molecular weight excluding hydrogens is 334 g/mol. The van der Waals surface area contributed by atoms with Crippen molar-refractivity contribution in [3.63, 3.8) is 0 Å². The summed E-state index contributed by atoms with van der Waals surface area (Å²) in [6, 6.07) is 24.0. The minimum absolute atomic E-state index is 0.347. The molecule has 0 bridgehead atoms. The minimum atomic E-state index is -3.06. The first kappa shape index (κ1) is 15.4. The van der Waals surface area contributed by atoms with Gasteiger partial charge in [0.05, 0.1) is 10.0 Å². The molecule has 0 amide bonds. The molecule has 0 unspecified atom stereocenters. The average Bonchev–Trinajstić information content (AvgIpc) is 2.58. The Balaban J connectivity index is 2.34. The van der Waals surface area contributed by atoms with E-state index in [9.17, 15) is 4.57 Å². The molecule has 4 heteroatoms. The Bertz CT molecular complexity index is 789. The molecule has 0 spiro atoms. The molecule has 0 heterocycles. The first-order valence-electron chi connectivity index (χ1n) is 6.80. The Morgan fingerprint density at radius 1 is 0.636 bits per heavy atom. The number of rotatable bonds is 3. The van der Waals surface area contributed by atoms with E-state index in [4.69, 9.17) is 23.2 Å². The Kier molecular flexibility index (Phi) is 4.40. The highest BCUT2D eigenvalue weighted by Crippen LogP contribution is 2.45. The van der Waals surface area contributed by atoms with E-state index in [2.05, 4.69) is 0 Å². The topological polar surface area (TPSA) is 17.1 Å². The van der Waals surface area contributed by atoms with Gasteiger partial charge in [0.25, 0.3) is 0 Å². The van der Waals surface area contributed by atoms with Crippen molar-refractivity contribution in [3.05, 3.63) is 88.9 Å². The summed E-state index contributed by atoms with van der Waals surface area (Å²) in [6.07, 6.45) is 0. The van der Waals surface area contributed by atoms with Crippen molar-refractivity contribution in [2.45, 2.75) is 0 Å².